The van der Waals surface area contributed by atoms with Gasteiger partial charge in [-0.2, -0.15) is 0 Å². The van der Waals surface area contributed by atoms with Gasteiger partial charge < -0.3 is 0 Å². The Morgan fingerprint density at radius 3 is 2.35 bits per heavy atom. The maximum atomic E-state index is 3.53. The highest BCUT2D eigenvalue weighted by Crippen LogP contribution is 2.16. The average molecular weight is 244 g/mol. The zero-order valence-corrected chi connectivity index (χ0v) is 12.6. The van der Waals surface area contributed by atoms with E-state index in [1.54, 1.807) is 5.20 Å². The van der Waals surface area contributed by atoms with E-state index in [-0.39, 0.29) is 0 Å². The van der Waals surface area contributed by atoms with Crippen LogP contribution in [-0.2, 0) is 6.42 Å². The lowest BCUT2D eigenvalue weighted by atomic mass is 10.1. The summed E-state index contributed by atoms with van der Waals surface area (Å²) in [6.45, 7) is 9.42. The van der Waals surface area contributed by atoms with Crippen molar-refractivity contribution in [2.45, 2.75) is 45.8 Å². The van der Waals surface area contributed by atoms with Crippen molar-refractivity contribution in [2.24, 2.45) is 0 Å². The molecule has 0 radical (unpaired) electrons. The molecule has 0 aliphatic carbocycles. The molecular weight excluding hydrogens is 220 g/mol. The van der Waals surface area contributed by atoms with Crippen LogP contribution in [0.25, 0.3) is 0 Å². The maximum Gasteiger partial charge on any atom is 0.0823 e. The predicted molar refractivity (Wildman–Crippen MR) is 80.0 cm³/mol. The second kappa shape index (κ2) is 6.63. The number of aryl methyl sites for hydroxylation is 1. The molecule has 0 bridgehead atoms. The first-order valence-corrected chi connectivity index (χ1v) is 10.0. The summed E-state index contributed by atoms with van der Waals surface area (Å²) in [4.78, 5) is 0. The highest BCUT2D eigenvalue weighted by Gasteiger charge is 2.16. The largest absolute Gasteiger partial charge is 0.131 e. The first kappa shape index (κ1) is 14.0. The molecule has 0 nitrogen and oxygen atoms in total. The Balaban J connectivity index is 2.58. The minimum absolute atomic E-state index is 1.10. The van der Waals surface area contributed by atoms with Crippen molar-refractivity contribution in [3.8, 4) is 0 Å². The molecule has 0 amide bonds. The fraction of sp³-hybridized carbons (Fsp3) is 0.438. The summed E-state index contributed by atoms with van der Waals surface area (Å²) in [5.74, 6) is 0. The smallest absolute Gasteiger partial charge is 0.0823 e. The third-order valence-corrected chi connectivity index (χ3v) is 5.26. The lowest BCUT2D eigenvalue weighted by Gasteiger charge is -2.16. The van der Waals surface area contributed by atoms with E-state index in [1.165, 1.54) is 5.56 Å². The van der Waals surface area contributed by atoms with Gasteiger partial charge in [-0.1, -0.05) is 56.9 Å². The van der Waals surface area contributed by atoms with Crippen molar-refractivity contribution in [3.05, 3.63) is 52.9 Å². The quantitative estimate of drug-likeness (QED) is 0.506. The van der Waals surface area contributed by atoms with Crippen molar-refractivity contribution < 1.29 is 0 Å². The Morgan fingerprint density at radius 2 is 1.82 bits per heavy atom. The Bertz CT molecular complexity index is 389. The summed E-state index contributed by atoms with van der Waals surface area (Å²) in [7, 11) is -1.14. The molecule has 0 spiro atoms. The molecule has 0 atom stereocenters. The van der Waals surface area contributed by atoms with E-state index in [2.05, 4.69) is 68.7 Å². The number of rotatable bonds is 5. The fourth-order valence-electron chi connectivity index (χ4n) is 1.93. The lowest BCUT2D eigenvalue weighted by Crippen LogP contribution is -2.22. The lowest BCUT2D eigenvalue weighted by molar-refractivity contribution is 1.00. The molecule has 1 aromatic rings. The number of hydrogen-bond donors (Lipinski definition) is 0. The van der Waals surface area contributed by atoms with Crippen LogP contribution in [0, 0.1) is 0 Å². The zero-order valence-electron chi connectivity index (χ0n) is 11.6. The average Bonchev–Trinajstić information content (AvgIpc) is 2.28. The molecule has 17 heavy (non-hydrogen) atoms. The number of hydrogen-bond acceptors (Lipinski definition) is 0. The van der Waals surface area contributed by atoms with E-state index in [0.29, 0.717) is 0 Å². The fourth-order valence-corrected chi connectivity index (χ4v) is 3.52. The van der Waals surface area contributed by atoms with Gasteiger partial charge in [0.05, 0.1) is 8.07 Å². The molecule has 0 N–H and O–H groups in total. The molecule has 0 heterocycles. The van der Waals surface area contributed by atoms with Gasteiger partial charge in [-0.15, -0.1) is 5.73 Å². The van der Waals surface area contributed by atoms with Gasteiger partial charge in [0, 0.05) is 0 Å². The van der Waals surface area contributed by atoms with Gasteiger partial charge in [-0.05, 0) is 36.1 Å². The van der Waals surface area contributed by atoms with E-state index in [4.69, 9.17) is 0 Å². The van der Waals surface area contributed by atoms with E-state index in [9.17, 15) is 0 Å². The van der Waals surface area contributed by atoms with Crippen LogP contribution in [0.4, 0.5) is 0 Å². The van der Waals surface area contributed by atoms with Crippen molar-refractivity contribution in [1.82, 2.24) is 0 Å². The SMILES string of the molecule is CCC(=C=CCCc1ccccc1)[Si](C)(C)C. The third kappa shape index (κ3) is 5.21. The highest BCUT2D eigenvalue weighted by atomic mass is 28.3. The summed E-state index contributed by atoms with van der Waals surface area (Å²) < 4.78 is 0. The van der Waals surface area contributed by atoms with Gasteiger partial charge >= 0.3 is 0 Å². The van der Waals surface area contributed by atoms with Crippen LogP contribution in [-0.4, -0.2) is 8.07 Å². The van der Waals surface area contributed by atoms with Gasteiger partial charge in [0.25, 0.3) is 0 Å². The summed E-state index contributed by atoms with van der Waals surface area (Å²) in [6.07, 6.45) is 5.59. The molecule has 0 saturated carbocycles. The zero-order chi connectivity index (χ0) is 12.7. The molecular formula is C16H24Si. The molecule has 0 aliphatic heterocycles. The van der Waals surface area contributed by atoms with Gasteiger partial charge in [0.15, 0.2) is 0 Å². The normalized spacial score (nSPS) is 10.8. The van der Waals surface area contributed by atoms with Crippen LogP contribution >= 0.6 is 0 Å². The minimum Gasteiger partial charge on any atom is -0.131 e. The van der Waals surface area contributed by atoms with E-state index in [1.807, 2.05) is 0 Å². The van der Waals surface area contributed by atoms with E-state index < -0.39 is 8.07 Å². The Morgan fingerprint density at radius 1 is 1.18 bits per heavy atom. The summed E-state index contributed by atoms with van der Waals surface area (Å²) >= 11 is 0. The molecule has 0 fully saturated rings. The first-order chi connectivity index (χ1) is 8.04. The van der Waals surface area contributed by atoms with Crippen LogP contribution in [0.15, 0.2) is 47.3 Å². The Hall–Kier alpha value is -1.04. The monoisotopic (exact) mass is 244 g/mol. The summed E-state index contributed by atoms with van der Waals surface area (Å²) in [5, 5.41) is 1.55. The molecule has 92 valence electrons. The van der Waals surface area contributed by atoms with Crippen LogP contribution in [0.1, 0.15) is 25.3 Å². The predicted octanol–water partition coefficient (Wildman–Crippen LogP) is 4.99. The topological polar surface area (TPSA) is 0 Å². The second-order valence-corrected chi connectivity index (χ2v) is 10.6. The van der Waals surface area contributed by atoms with Crippen LogP contribution in [0.2, 0.25) is 19.6 Å². The van der Waals surface area contributed by atoms with Crippen molar-refractivity contribution >= 4 is 8.07 Å². The second-order valence-electron chi connectivity index (χ2n) is 5.45. The van der Waals surface area contributed by atoms with Crippen LogP contribution in [0.3, 0.4) is 0 Å². The molecule has 1 rings (SSSR count). The Kier molecular flexibility index (Phi) is 5.47. The molecule has 0 aromatic heterocycles. The minimum atomic E-state index is -1.14. The standard InChI is InChI=1S/C16H24Si/c1-5-16(17(2,3)4)14-10-9-13-15-11-7-6-8-12-15/h6-8,10-12H,5,9,13H2,1-4H3. The van der Waals surface area contributed by atoms with Crippen molar-refractivity contribution in [3.63, 3.8) is 0 Å². The van der Waals surface area contributed by atoms with Gasteiger partial charge in [0.2, 0.25) is 0 Å². The van der Waals surface area contributed by atoms with Gasteiger partial charge in [0.1, 0.15) is 0 Å². The molecule has 0 saturated heterocycles. The maximum absolute atomic E-state index is 3.53. The summed E-state index contributed by atoms with van der Waals surface area (Å²) in [6, 6.07) is 10.7. The summed E-state index contributed by atoms with van der Waals surface area (Å²) in [5.41, 5.74) is 4.95. The van der Waals surface area contributed by atoms with Crippen molar-refractivity contribution in [1.29, 1.82) is 0 Å². The number of allylic oxidation sites excluding steroid dienone is 1. The van der Waals surface area contributed by atoms with E-state index >= 15 is 0 Å². The third-order valence-electron chi connectivity index (χ3n) is 2.96. The molecule has 0 unspecified atom stereocenters. The first-order valence-electron chi connectivity index (χ1n) is 6.52. The van der Waals surface area contributed by atoms with Gasteiger partial charge in [-0.3, -0.25) is 0 Å². The molecule has 1 heteroatoms. The van der Waals surface area contributed by atoms with Crippen LogP contribution < -0.4 is 0 Å². The van der Waals surface area contributed by atoms with Gasteiger partial charge in [-0.25, -0.2) is 0 Å². The molecule has 0 aliphatic rings. The number of benzene rings is 1. The van der Waals surface area contributed by atoms with Crippen molar-refractivity contribution in [2.75, 3.05) is 0 Å². The van der Waals surface area contributed by atoms with Crippen LogP contribution in [0.5, 0.6) is 0 Å². The Labute approximate surface area is 107 Å². The molecule has 1 aromatic carbocycles. The van der Waals surface area contributed by atoms with E-state index in [0.717, 1.165) is 19.3 Å². The highest BCUT2D eigenvalue weighted by molar-refractivity contribution is 6.83.